The van der Waals surface area contributed by atoms with Gasteiger partial charge in [-0.1, -0.05) is 30.3 Å². The summed E-state index contributed by atoms with van der Waals surface area (Å²) in [4.78, 5) is 20.2. The van der Waals surface area contributed by atoms with Gasteiger partial charge in [-0.3, -0.25) is 4.79 Å². The van der Waals surface area contributed by atoms with Crippen LogP contribution in [-0.4, -0.2) is 21.4 Å². The Kier molecular flexibility index (Phi) is 5.91. The number of halogens is 1. The molecule has 4 rings (SSSR count). The number of nitrogens with one attached hydrogen (secondary N) is 2. The second-order valence-electron chi connectivity index (χ2n) is 7.65. The van der Waals surface area contributed by atoms with E-state index in [1.165, 1.54) is 18.7 Å². The normalized spacial score (nSPS) is 13.9. The van der Waals surface area contributed by atoms with Crippen LogP contribution in [0.15, 0.2) is 73.5 Å². The molecule has 1 saturated carbocycles. The summed E-state index contributed by atoms with van der Waals surface area (Å²) in [6.07, 6.45) is 6.11. The van der Waals surface area contributed by atoms with E-state index in [2.05, 4.69) is 27.2 Å². The number of benzene rings is 2. The number of hydrogen-bond acceptors (Lipinski definition) is 5. The molecule has 7 heteroatoms. The minimum Gasteiger partial charge on any atom is -0.457 e. The van der Waals surface area contributed by atoms with Gasteiger partial charge in [-0.25, -0.2) is 9.97 Å². The van der Waals surface area contributed by atoms with Crippen LogP contribution < -0.4 is 15.4 Å². The summed E-state index contributed by atoms with van der Waals surface area (Å²) in [5.41, 5.74) is 2.89. The Hall–Kier alpha value is -3.38. The van der Waals surface area contributed by atoms with Crippen molar-refractivity contribution in [1.82, 2.24) is 20.6 Å². The van der Waals surface area contributed by atoms with E-state index >= 15 is 0 Å². The Labute approximate surface area is 186 Å². The fraction of sp³-hybridized carbons (Fsp3) is 0.208. The number of aromatic nitrogens is 2. The average molecular weight is 435 g/mol. The predicted molar refractivity (Wildman–Crippen MR) is 120 cm³/mol. The predicted octanol–water partition coefficient (Wildman–Crippen LogP) is 4.80. The van der Waals surface area contributed by atoms with Crippen molar-refractivity contribution in [3.8, 4) is 11.5 Å². The van der Waals surface area contributed by atoms with Gasteiger partial charge in [0.25, 0.3) is 5.91 Å². The first-order chi connectivity index (χ1) is 14.9. The van der Waals surface area contributed by atoms with Gasteiger partial charge in [0.05, 0.1) is 11.1 Å². The number of nitrogens with zero attached hydrogens (tertiary/aromatic N) is 2. The molecule has 0 unspecified atom stereocenters. The first kappa shape index (κ1) is 20.9. The second-order valence-corrected chi connectivity index (χ2v) is 8.09. The van der Waals surface area contributed by atoms with Crippen LogP contribution in [0.1, 0.15) is 34.3 Å². The third-order valence-corrected chi connectivity index (χ3v) is 5.53. The molecule has 1 amide bonds. The third kappa shape index (κ3) is 5.03. The van der Waals surface area contributed by atoms with Crippen molar-refractivity contribution < 1.29 is 9.53 Å². The molecule has 1 heterocycles. The molecule has 2 N–H and O–H groups in total. The number of carbonyl (C=O) groups is 1. The van der Waals surface area contributed by atoms with E-state index in [1.807, 2.05) is 49.4 Å². The average Bonchev–Trinajstić information content (AvgIpc) is 3.56. The topological polar surface area (TPSA) is 76.1 Å². The minimum atomic E-state index is -0.415. The van der Waals surface area contributed by atoms with Crippen LogP contribution >= 0.6 is 11.6 Å². The number of carbonyl (C=O) groups excluding carboxylic acids is 1. The molecule has 1 aromatic heterocycles. The molecule has 3 aromatic rings. The molecule has 0 radical (unpaired) electrons. The van der Waals surface area contributed by atoms with Crippen LogP contribution in [0.5, 0.6) is 11.5 Å². The van der Waals surface area contributed by atoms with Crippen molar-refractivity contribution in [1.29, 1.82) is 0 Å². The van der Waals surface area contributed by atoms with Gasteiger partial charge in [0.1, 0.15) is 17.8 Å². The summed E-state index contributed by atoms with van der Waals surface area (Å²) in [5, 5.41) is 7.09. The highest BCUT2D eigenvalue weighted by Crippen LogP contribution is 2.40. The molecule has 0 bridgehead atoms. The first-order valence-corrected chi connectivity index (χ1v) is 10.4. The molecule has 31 heavy (non-hydrogen) atoms. The molecule has 1 aliphatic rings. The molecular formula is C24H23ClN4O2. The maximum Gasteiger partial charge on any atom is 0.255 e. The van der Waals surface area contributed by atoms with Crippen molar-refractivity contribution in [3.63, 3.8) is 0 Å². The Morgan fingerprint density at radius 1 is 1.16 bits per heavy atom. The monoisotopic (exact) mass is 434 g/mol. The zero-order valence-corrected chi connectivity index (χ0v) is 17.9. The van der Waals surface area contributed by atoms with Crippen LogP contribution in [0.3, 0.4) is 0 Å². The molecule has 0 spiro atoms. The van der Waals surface area contributed by atoms with Gasteiger partial charge in [-0.15, -0.1) is 0 Å². The molecular weight excluding hydrogens is 412 g/mol. The fourth-order valence-corrected chi connectivity index (χ4v) is 3.47. The van der Waals surface area contributed by atoms with Crippen molar-refractivity contribution in [2.24, 2.45) is 0 Å². The largest absolute Gasteiger partial charge is 0.457 e. The molecule has 0 aliphatic heterocycles. The highest BCUT2D eigenvalue weighted by atomic mass is 35.5. The number of hydrogen-bond donors (Lipinski definition) is 2. The highest BCUT2D eigenvalue weighted by molar-refractivity contribution is 6.30. The maximum absolute atomic E-state index is 12.4. The van der Waals surface area contributed by atoms with Gasteiger partial charge in [0.15, 0.2) is 0 Å². The van der Waals surface area contributed by atoms with Gasteiger partial charge >= 0.3 is 0 Å². The lowest BCUT2D eigenvalue weighted by Crippen LogP contribution is -2.42. The number of rotatable bonds is 8. The van der Waals surface area contributed by atoms with Crippen LogP contribution in [0, 0.1) is 6.92 Å². The van der Waals surface area contributed by atoms with Gasteiger partial charge in [-0.05, 0) is 61.2 Å². The number of aryl methyl sites for hydroxylation is 1. The standard InChI is InChI=1S/C24H23ClN4O2/c1-16-11-20(25)5-8-22(16)31-21-6-3-18(4-7-21)12-28-17(2)24(9-10-24)29-23(30)19-13-26-15-27-14-19/h3-8,11,13-15,28H,2,9-10,12H2,1H3,(H,29,30). The van der Waals surface area contributed by atoms with Gasteiger partial charge in [0.2, 0.25) is 0 Å². The van der Waals surface area contributed by atoms with E-state index < -0.39 is 5.54 Å². The van der Waals surface area contributed by atoms with E-state index in [0.717, 1.165) is 41.2 Å². The van der Waals surface area contributed by atoms with E-state index in [-0.39, 0.29) is 5.91 Å². The summed E-state index contributed by atoms with van der Waals surface area (Å²) in [5.74, 6) is 1.34. The van der Waals surface area contributed by atoms with Crippen LogP contribution in [0.2, 0.25) is 5.02 Å². The minimum absolute atomic E-state index is 0.194. The van der Waals surface area contributed by atoms with E-state index in [0.29, 0.717) is 17.1 Å². The Morgan fingerprint density at radius 2 is 1.87 bits per heavy atom. The SMILES string of the molecule is C=C(NCc1ccc(Oc2ccc(Cl)cc2C)cc1)C1(NC(=O)c2cncnc2)CC1. The maximum atomic E-state index is 12.4. The molecule has 1 fully saturated rings. The molecule has 0 atom stereocenters. The van der Waals surface area contributed by atoms with Gasteiger partial charge < -0.3 is 15.4 Å². The van der Waals surface area contributed by atoms with Crippen molar-refractivity contribution in [2.45, 2.75) is 31.8 Å². The van der Waals surface area contributed by atoms with E-state index in [9.17, 15) is 4.79 Å². The molecule has 158 valence electrons. The summed E-state index contributed by atoms with van der Waals surface area (Å²) in [6, 6.07) is 13.4. The van der Waals surface area contributed by atoms with Gasteiger partial charge in [0, 0.05) is 29.7 Å². The Bertz CT molecular complexity index is 1100. The van der Waals surface area contributed by atoms with Crippen molar-refractivity contribution in [2.75, 3.05) is 0 Å². The molecule has 0 saturated heterocycles. The Balaban J connectivity index is 1.31. The lowest BCUT2D eigenvalue weighted by Gasteiger charge is -2.21. The zero-order chi connectivity index (χ0) is 21.8. The number of ether oxygens (including phenoxy) is 1. The first-order valence-electron chi connectivity index (χ1n) is 9.99. The molecule has 2 aromatic carbocycles. The number of amides is 1. The lowest BCUT2D eigenvalue weighted by molar-refractivity contribution is 0.0936. The van der Waals surface area contributed by atoms with E-state index in [4.69, 9.17) is 16.3 Å². The van der Waals surface area contributed by atoms with Crippen molar-refractivity contribution in [3.05, 3.63) is 95.2 Å². The smallest absolute Gasteiger partial charge is 0.255 e. The second kappa shape index (κ2) is 8.78. The highest BCUT2D eigenvalue weighted by Gasteiger charge is 2.47. The third-order valence-electron chi connectivity index (χ3n) is 5.30. The van der Waals surface area contributed by atoms with Crippen LogP contribution in [-0.2, 0) is 6.54 Å². The molecule has 6 nitrogen and oxygen atoms in total. The fourth-order valence-electron chi connectivity index (χ4n) is 3.24. The summed E-state index contributed by atoms with van der Waals surface area (Å²) < 4.78 is 5.94. The lowest BCUT2D eigenvalue weighted by atomic mass is 10.1. The summed E-state index contributed by atoms with van der Waals surface area (Å²) in [7, 11) is 0. The summed E-state index contributed by atoms with van der Waals surface area (Å²) in [6.45, 7) is 6.71. The molecule has 1 aliphatic carbocycles. The van der Waals surface area contributed by atoms with Crippen LogP contribution in [0.4, 0.5) is 0 Å². The van der Waals surface area contributed by atoms with Gasteiger partial charge in [-0.2, -0.15) is 0 Å². The summed E-state index contributed by atoms with van der Waals surface area (Å²) >= 11 is 6.00. The van der Waals surface area contributed by atoms with E-state index in [1.54, 1.807) is 0 Å². The Morgan fingerprint density at radius 3 is 2.52 bits per heavy atom. The van der Waals surface area contributed by atoms with Crippen LogP contribution in [0.25, 0.3) is 0 Å². The zero-order valence-electron chi connectivity index (χ0n) is 17.2. The van der Waals surface area contributed by atoms with Crippen molar-refractivity contribution >= 4 is 17.5 Å². The quantitative estimate of drug-likeness (QED) is 0.532.